The Bertz CT molecular complexity index is 997. The largest absolute Gasteiger partial charge is 0.487 e. The summed E-state index contributed by atoms with van der Waals surface area (Å²) in [5.41, 5.74) is 0.260. The maximum atomic E-state index is 12.7. The van der Waals surface area contributed by atoms with Crippen LogP contribution in [0, 0.1) is 5.92 Å². The average Bonchev–Trinajstić information content (AvgIpc) is 3.24. The molecule has 0 N–H and O–H groups in total. The van der Waals surface area contributed by atoms with Gasteiger partial charge in [-0.15, -0.1) is 0 Å². The molecule has 0 aromatic heterocycles. The zero-order chi connectivity index (χ0) is 24.3. The van der Waals surface area contributed by atoms with E-state index in [4.69, 9.17) is 23.7 Å². The normalized spacial score (nSPS) is 28.2. The highest BCUT2D eigenvalue weighted by atomic mass is 16.6. The van der Waals surface area contributed by atoms with Gasteiger partial charge in [0.2, 0.25) is 0 Å². The molecule has 0 aromatic rings. The summed E-state index contributed by atoms with van der Waals surface area (Å²) in [4.78, 5) is 47.7. The third-order valence-corrected chi connectivity index (χ3v) is 5.46. The lowest BCUT2D eigenvalue weighted by Gasteiger charge is -2.23. The Morgan fingerprint density at radius 2 is 1.88 bits per heavy atom. The summed E-state index contributed by atoms with van der Waals surface area (Å²) in [6.45, 7) is 7.61. The Morgan fingerprint density at radius 3 is 2.55 bits per heavy atom. The molecular formula is C24H28O9. The predicted octanol–water partition coefficient (Wildman–Crippen LogP) is 2.81. The SMILES string of the molecule is CC(=O)OCC1=C2/C(=C/[C@]3(C)CC=C(O3)[C@@H](C)C[C@@H]2OC(=O)/C=C(\C)COC(C)=O)OC1=O. The van der Waals surface area contributed by atoms with Gasteiger partial charge in [-0.05, 0) is 31.9 Å². The van der Waals surface area contributed by atoms with Gasteiger partial charge in [-0.2, -0.15) is 0 Å². The van der Waals surface area contributed by atoms with Crippen molar-refractivity contribution in [3.8, 4) is 0 Å². The van der Waals surface area contributed by atoms with Gasteiger partial charge in [-0.3, -0.25) is 9.59 Å². The van der Waals surface area contributed by atoms with E-state index >= 15 is 0 Å². The maximum Gasteiger partial charge on any atom is 0.343 e. The van der Waals surface area contributed by atoms with Crippen molar-refractivity contribution in [2.24, 2.45) is 5.92 Å². The molecule has 0 saturated heterocycles. The molecule has 0 amide bonds. The minimum atomic E-state index is -0.860. The lowest BCUT2D eigenvalue weighted by molar-refractivity contribution is -0.143. The maximum absolute atomic E-state index is 12.7. The molecule has 9 nitrogen and oxygen atoms in total. The predicted molar refractivity (Wildman–Crippen MR) is 114 cm³/mol. The number of carbonyl (C=O) groups is 4. The lowest BCUT2D eigenvalue weighted by Crippen LogP contribution is -2.25. The quantitative estimate of drug-likeness (QED) is 0.335. The molecule has 3 atom stereocenters. The second kappa shape index (κ2) is 9.64. The first kappa shape index (κ1) is 24.3. The number of carbonyl (C=O) groups excluding carboxylic acids is 4. The Hall–Kier alpha value is -3.36. The van der Waals surface area contributed by atoms with Crippen LogP contribution in [0.25, 0.3) is 0 Å². The van der Waals surface area contributed by atoms with Gasteiger partial charge < -0.3 is 23.7 Å². The molecule has 0 fully saturated rings. The molecule has 3 aliphatic heterocycles. The van der Waals surface area contributed by atoms with Crippen LogP contribution < -0.4 is 0 Å². The summed E-state index contributed by atoms with van der Waals surface area (Å²) < 4.78 is 27.3. The highest BCUT2D eigenvalue weighted by Crippen LogP contribution is 2.43. The molecule has 0 saturated carbocycles. The Labute approximate surface area is 192 Å². The van der Waals surface area contributed by atoms with Crippen molar-refractivity contribution in [1.82, 2.24) is 0 Å². The van der Waals surface area contributed by atoms with Gasteiger partial charge >= 0.3 is 23.9 Å². The van der Waals surface area contributed by atoms with Crippen molar-refractivity contribution in [3.63, 3.8) is 0 Å². The number of fused-ring (bicyclic) bond motifs is 3. The number of allylic oxidation sites excluding steroid dienone is 1. The van der Waals surface area contributed by atoms with Crippen LogP contribution in [-0.4, -0.2) is 48.8 Å². The first-order valence-corrected chi connectivity index (χ1v) is 10.7. The van der Waals surface area contributed by atoms with E-state index in [1.165, 1.54) is 19.9 Å². The molecule has 178 valence electrons. The van der Waals surface area contributed by atoms with Crippen LogP contribution in [0.2, 0.25) is 0 Å². The van der Waals surface area contributed by atoms with Crippen molar-refractivity contribution < 1.29 is 42.9 Å². The number of esters is 4. The molecule has 9 heteroatoms. The van der Waals surface area contributed by atoms with E-state index in [1.54, 1.807) is 13.0 Å². The third kappa shape index (κ3) is 5.91. The van der Waals surface area contributed by atoms with Crippen molar-refractivity contribution in [1.29, 1.82) is 0 Å². The summed E-state index contributed by atoms with van der Waals surface area (Å²) in [6.07, 6.45) is 4.97. The van der Waals surface area contributed by atoms with Crippen LogP contribution in [0.5, 0.6) is 0 Å². The second-order valence-electron chi connectivity index (χ2n) is 8.63. The fourth-order valence-electron chi connectivity index (χ4n) is 3.86. The van der Waals surface area contributed by atoms with Crippen molar-refractivity contribution >= 4 is 23.9 Å². The highest BCUT2D eigenvalue weighted by molar-refractivity contribution is 5.96. The van der Waals surface area contributed by atoms with E-state index in [2.05, 4.69) is 0 Å². The topological polar surface area (TPSA) is 114 Å². The minimum Gasteiger partial charge on any atom is -0.487 e. The van der Waals surface area contributed by atoms with Crippen LogP contribution >= 0.6 is 0 Å². The van der Waals surface area contributed by atoms with E-state index in [-0.39, 0.29) is 30.5 Å². The van der Waals surface area contributed by atoms with Gasteiger partial charge in [-0.25, -0.2) is 9.59 Å². The van der Waals surface area contributed by atoms with Crippen LogP contribution in [0.4, 0.5) is 0 Å². The highest BCUT2D eigenvalue weighted by Gasteiger charge is 2.43. The van der Waals surface area contributed by atoms with Crippen LogP contribution in [0.1, 0.15) is 47.5 Å². The number of rotatable bonds is 6. The Morgan fingerprint density at radius 1 is 1.18 bits per heavy atom. The molecular weight excluding hydrogens is 432 g/mol. The van der Waals surface area contributed by atoms with Gasteiger partial charge in [0, 0.05) is 43.9 Å². The van der Waals surface area contributed by atoms with E-state index < -0.39 is 35.6 Å². The van der Waals surface area contributed by atoms with E-state index in [1.807, 2.05) is 19.9 Å². The molecule has 0 spiro atoms. The van der Waals surface area contributed by atoms with Crippen molar-refractivity contribution in [2.45, 2.75) is 59.2 Å². The molecule has 3 aliphatic rings. The molecule has 0 radical (unpaired) electrons. The van der Waals surface area contributed by atoms with Crippen molar-refractivity contribution in [2.75, 3.05) is 13.2 Å². The summed E-state index contributed by atoms with van der Waals surface area (Å²) in [5.74, 6) is -1.47. The number of hydrogen-bond donors (Lipinski definition) is 0. The molecule has 0 aliphatic carbocycles. The first-order chi connectivity index (χ1) is 15.5. The Kier molecular flexibility index (Phi) is 7.09. The second-order valence-corrected chi connectivity index (χ2v) is 8.63. The van der Waals surface area contributed by atoms with Gasteiger partial charge in [0.15, 0.2) is 0 Å². The van der Waals surface area contributed by atoms with Gasteiger partial charge in [0.1, 0.15) is 30.7 Å². The zero-order valence-electron chi connectivity index (χ0n) is 19.4. The van der Waals surface area contributed by atoms with Gasteiger partial charge in [0.05, 0.1) is 11.3 Å². The number of ether oxygens (including phenoxy) is 5. The van der Waals surface area contributed by atoms with E-state index in [0.29, 0.717) is 24.0 Å². The van der Waals surface area contributed by atoms with Gasteiger partial charge in [-0.1, -0.05) is 6.92 Å². The summed E-state index contributed by atoms with van der Waals surface area (Å²) in [7, 11) is 0. The van der Waals surface area contributed by atoms with Crippen LogP contribution in [0.3, 0.4) is 0 Å². The van der Waals surface area contributed by atoms with Crippen LogP contribution in [-0.2, 0) is 42.9 Å². The molecule has 3 heterocycles. The lowest BCUT2D eigenvalue weighted by atomic mass is 9.91. The molecule has 33 heavy (non-hydrogen) atoms. The van der Waals surface area contributed by atoms with E-state index in [0.717, 1.165) is 5.76 Å². The average molecular weight is 460 g/mol. The molecule has 0 unspecified atom stereocenters. The number of hydrogen-bond acceptors (Lipinski definition) is 9. The fraction of sp³-hybridized carbons (Fsp3) is 0.500. The monoisotopic (exact) mass is 460 g/mol. The summed E-state index contributed by atoms with van der Waals surface area (Å²) in [5, 5.41) is 0. The summed E-state index contributed by atoms with van der Waals surface area (Å²) >= 11 is 0. The molecule has 2 bridgehead atoms. The fourth-order valence-corrected chi connectivity index (χ4v) is 3.86. The first-order valence-electron chi connectivity index (χ1n) is 10.7. The zero-order valence-corrected chi connectivity index (χ0v) is 19.4. The Balaban J connectivity index is 1.97. The standard InChI is InChI=1S/C24H28O9/c1-13(11-29-15(3)25)8-21(27)31-19-9-14(2)18-6-7-24(5,33-18)10-20-22(19)17(23(28)32-20)12-30-16(4)26/h6,8,10,14,19H,7,9,11-12H2,1-5H3/b13-8+,20-10-/t14-,19-,24-/m0/s1. The van der Waals surface area contributed by atoms with Crippen LogP contribution in [0.15, 0.2) is 46.5 Å². The summed E-state index contributed by atoms with van der Waals surface area (Å²) in [6, 6.07) is 0. The molecule has 3 rings (SSSR count). The smallest absolute Gasteiger partial charge is 0.343 e. The minimum absolute atomic E-state index is 0.0439. The third-order valence-electron chi connectivity index (χ3n) is 5.46. The van der Waals surface area contributed by atoms with E-state index in [9.17, 15) is 19.2 Å². The van der Waals surface area contributed by atoms with Gasteiger partial charge in [0.25, 0.3) is 0 Å². The molecule has 0 aromatic carbocycles. The van der Waals surface area contributed by atoms with Crippen molar-refractivity contribution in [3.05, 3.63) is 46.5 Å².